The second-order valence-corrected chi connectivity index (χ2v) is 19.6. The number of benzene rings is 3. The number of hydrogen-bond acceptors (Lipinski definition) is 6. The molecule has 0 aliphatic carbocycles. The Hall–Kier alpha value is -3.28. The van der Waals surface area contributed by atoms with Crippen molar-refractivity contribution in [2.24, 2.45) is 0 Å². The van der Waals surface area contributed by atoms with Gasteiger partial charge in [0.25, 0.3) is 0 Å². The van der Waals surface area contributed by atoms with Gasteiger partial charge < -0.3 is 19.5 Å². The third-order valence-electron chi connectivity index (χ3n) is 9.12. The third kappa shape index (κ3) is 9.33. The molecule has 4 rings (SSSR count). The average molecular weight is 706 g/mol. The number of aryl methyl sites for hydroxylation is 3. The lowest BCUT2D eigenvalue weighted by Crippen LogP contribution is -2.28. The molecule has 0 radical (unpaired) electrons. The zero-order valence-electron chi connectivity index (χ0n) is 32.9. The van der Waals surface area contributed by atoms with E-state index in [1.807, 2.05) is 12.1 Å². The van der Waals surface area contributed by atoms with E-state index < -0.39 is 7.82 Å². The summed E-state index contributed by atoms with van der Waals surface area (Å²) in [6, 6.07) is 12.3. The first-order chi connectivity index (χ1) is 22.8. The summed E-state index contributed by atoms with van der Waals surface area (Å²) in [6.45, 7) is 29.3. The molecule has 0 spiro atoms. The van der Waals surface area contributed by atoms with Crippen LogP contribution in [-0.4, -0.2) is 24.2 Å². The predicted molar refractivity (Wildman–Crippen MR) is 204 cm³/mol. The van der Waals surface area contributed by atoms with Crippen molar-refractivity contribution in [3.63, 3.8) is 0 Å². The van der Waals surface area contributed by atoms with Crippen molar-refractivity contribution < 1.29 is 28.0 Å². The van der Waals surface area contributed by atoms with Crippen molar-refractivity contribution in [2.45, 2.75) is 138 Å². The zero-order chi connectivity index (χ0) is 37.6. The summed E-state index contributed by atoms with van der Waals surface area (Å²) in [5.41, 5.74) is 7.56. The standard InChI is InChI=1S/C42H60NO6P/c1-26-19-29-25-30-20-27(2)22-34(42(12,13)14)38(30)49-50(46,48-37(29)33(21-26)41(9,10)11)47-18-17-43-35(44)16-15-28-23-31(39(3,4)5)36(45)32(24-28)40(6,7)8/h19-24,45H,15-18,25H2,1-14H3,(H,43,44). The average Bonchev–Trinajstić information content (AvgIpc) is 2.94. The maximum atomic E-state index is 14.7. The SMILES string of the molecule is Cc1cc2c(c(C(C)(C)C)c1)OP(=O)(OCCNC(=O)CCc1cc(C(C)(C)C)c(O)c(C(C)(C)C)c1)Oc1c(cc(C)cc1C(C)(C)C)C2. The van der Waals surface area contributed by atoms with E-state index in [2.05, 4.69) is 127 Å². The van der Waals surface area contributed by atoms with Gasteiger partial charge in [0.15, 0.2) is 0 Å². The first-order valence-electron chi connectivity index (χ1n) is 17.8. The molecule has 7 nitrogen and oxygen atoms in total. The monoisotopic (exact) mass is 705 g/mol. The van der Waals surface area contributed by atoms with Gasteiger partial charge in [-0.1, -0.05) is 131 Å². The molecule has 0 unspecified atom stereocenters. The van der Waals surface area contributed by atoms with E-state index in [4.69, 9.17) is 13.6 Å². The molecule has 1 heterocycles. The lowest BCUT2D eigenvalue weighted by molar-refractivity contribution is -0.121. The number of carbonyl (C=O) groups is 1. The number of aromatic hydroxyl groups is 1. The molecule has 3 aromatic carbocycles. The molecule has 3 aromatic rings. The Bertz CT molecular complexity index is 1690. The highest BCUT2D eigenvalue weighted by molar-refractivity contribution is 7.49. The minimum Gasteiger partial charge on any atom is -0.507 e. The van der Waals surface area contributed by atoms with Gasteiger partial charge in [-0.25, -0.2) is 4.57 Å². The fourth-order valence-electron chi connectivity index (χ4n) is 6.47. The molecule has 1 amide bonds. The minimum absolute atomic E-state index is 0.0668. The van der Waals surface area contributed by atoms with E-state index in [0.29, 0.717) is 30.1 Å². The van der Waals surface area contributed by atoms with Crippen LogP contribution in [0, 0.1) is 13.8 Å². The molecule has 0 aromatic heterocycles. The highest BCUT2D eigenvalue weighted by Crippen LogP contribution is 2.56. The number of fused-ring (bicyclic) bond motifs is 2. The van der Waals surface area contributed by atoms with E-state index in [0.717, 1.165) is 50.1 Å². The summed E-state index contributed by atoms with van der Waals surface area (Å²) in [7, 11) is -4.22. The van der Waals surface area contributed by atoms with Crippen LogP contribution in [0.15, 0.2) is 36.4 Å². The van der Waals surface area contributed by atoms with Gasteiger partial charge in [0, 0.05) is 30.5 Å². The van der Waals surface area contributed by atoms with Crippen LogP contribution in [0.2, 0.25) is 0 Å². The molecule has 2 N–H and O–H groups in total. The fourth-order valence-corrected chi connectivity index (χ4v) is 7.80. The Morgan fingerprint density at radius 2 is 1.14 bits per heavy atom. The van der Waals surface area contributed by atoms with Gasteiger partial charge >= 0.3 is 7.82 Å². The normalized spacial score (nSPS) is 14.8. The molecular weight excluding hydrogens is 645 g/mol. The number of phenols is 1. The number of phosphoric acid groups is 1. The van der Waals surface area contributed by atoms with Crippen molar-refractivity contribution in [3.8, 4) is 17.2 Å². The van der Waals surface area contributed by atoms with Crippen LogP contribution >= 0.6 is 7.82 Å². The quantitative estimate of drug-likeness (QED) is 0.188. The Labute approximate surface area is 301 Å². The molecule has 0 saturated carbocycles. The number of carbonyl (C=O) groups excluding carboxylic acids is 1. The first-order valence-corrected chi connectivity index (χ1v) is 19.3. The molecule has 50 heavy (non-hydrogen) atoms. The van der Waals surface area contributed by atoms with Crippen LogP contribution in [0.5, 0.6) is 17.2 Å². The summed E-state index contributed by atoms with van der Waals surface area (Å²) in [5, 5.41) is 14.0. The van der Waals surface area contributed by atoms with Crippen LogP contribution in [0.25, 0.3) is 0 Å². The molecule has 8 heteroatoms. The van der Waals surface area contributed by atoms with E-state index in [1.165, 1.54) is 0 Å². The predicted octanol–water partition coefficient (Wildman–Crippen LogP) is 10.4. The second kappa shape index (κ2) is 14.0. The van der Waals surface area contributed by atoms with Crippen LogP contribution in [0.3, 0.4) is 0 Å². The van der Waals surface area contributed by atoms with Gasteiger partial charge in [0.05, 0.1) is 6.61 Å². The zero-order valence-corrected chi connectivity index (χ0v) is 33.8. The van der Waals surface area contributed by atoms with Crippen LogP contribution < -0.4 is 14.4 Å². The fraction of sp³-hybridized carbons (Fsp3) is 0.548. The molecule has 1 aliphatic heterocycles. The number of nitrogens with one attached hydrogen (secondary N) is 1. The molecule has 1 aliphatic rings. The van der Waals surface area contributed by atoms with Crippen molar-refractivity contribution in [2.75, 3.05) is 13.2 Å². The Balaban J connectivity index is 1.56. The lowest BCUT2D eigenvalue weighted by atomic mass is 9.78. The number of rotatable bonds is 7. The van der Waals surface area contributed by atoms with Gasteiger partial charge in [-0.3, -0.25) is 9.32 Å². The molecule has 274 valence electrons. The number of phenolic OH excluding ortho intramolecular Hbond substituents is 1. The van der Waals surface area contributed by atoms with Gasteiger partial charge in [-0.2, -0.15) is 0 Å². The largest absolute Gasteiger partial charge is 0.587 e. The van der Waals surface area contributed by atoms with E-state index in [-0.39, 0.29) is 47.1 Å². The van der Waals surface area contributed by atoms with Crippen molar-refractivity contribution in [3.05, 3.63) is 86.5 Å². The first kappa shape index (κ1) is 39.5. The van der Waals surface area contributed by atoms with Gasteiger partial charge in [-0.05, 0) is 69.7 Å². The summed E-state index contributed by atoms with van der Waals surface area (Å²) in [4.78, 5) is 13.0. The van der Waals surface area contributed by atoms with E-state index in [9.17, 15) is 14.5 Å². The molecule has 0 saturated heterocycles. The van der Waals surface area contributed by atoms with Gasteiger partial charge in [0.2, 0.25) is 5.91 Å². The van der Waals surface area contributed by atoms with Crippen molar-refractivity contribution in [1.29, 1.82) is 0 Å². The summed E-state index contributed by atoms with van der Waals surface area (Å²) in [6.07, 6.45) is 1.33. The minimum atomic E-state index is -4.22. The smallest absolute Gasteiger partial charge is 0.507 e. The Morgan fingerprint density at radius 1 is 0.720 bits per heavy atom. The molecular formula is C42H60NO6P. The number of hydrogen-bond donors (Lipinski definition) is 2. The van der Waals surface area contributed by atoms with Crippen molar-refractivity contribution in [1.82, 2.24) is 5.32 Å². The highest BCUT2D eigenvalue weighted by atomic mass is 31.2. The molecule has 0 bridgehead atoms. The van der Waals surface area contributed by atoms with Gasteiger partial charge in [0.1, 0.15) is 17.2 Å². The van der Waals surface area contributed by atoms with Crippen molar-refractivity contribution >= 4 is 13.7 Å². The summed E-state index contributed by atoms with van der Waals surface area (Å²) in [5.74, 6) is 1.22. The third-order valence-corrected chi connectivity index (χ3v) is 10.4. The lowest BCUT2D eigenvalue weighted by Gasteiger charge is -2.32. The maximum absolute atomic E-state index is 14.7. The van der Waals surface area contributed by atoms with Crippen LogP contribution in [0.1, 0.15) is 140 Å². The number of phosphoric ester groups is 1. The van der Waals surface area contributed by atoms with Crippen LogP contribution in [0.4, 0.5) is 0 Å². The number of amides is 1. The molecule has 0 atom stereocenters. The van der Waals surface area contributed by atoms with E-state index >= 15 is 0 Å². The topological polar surface area (TPSA) is 94.1 Å². The summed E-state index contributed by atoms with van der Waals surface area (Å²) < 4.78 is 33.4. The highest BCUT2D eigenvalue weighted by Gasteiger charge is 2.39. The molecule has 0 fully saturated rings. The van der Waals surface area contributed by atoms with Gasteiger partial charge in [-0.15, -0.1) is 0 Å². The van der Waals surface area contributed by atoms with E-state index in [1.54, 1.807) is 0 Å². The van der Waals surface area contributed by atoms with Crippen LogP contribution in [-0.2, 0) is 48.4 Å². The maximum Gasteiger partial charge on any atom is 0.587 e. The Morgan fingerprint density at radius 3 is 1.54 bits per heavy atom. The Kier molecular flexibility index (Phi) is 11.1. The second-order valence-electron chi connectivity index (χ2n) is 18.1. The summed E-state index contributed by atoms with van der Waals surface area (Å²) >= 11 is 0.